The van der Waals surface area contributed by atoms with Crippen molar-refractivity contribution in [3.8, 4) is 0 Å². The number of benzene rings is 1. The molecule has 0 saturated carbocycles. The highest BCUT2D eigenvalue weighted by Crippen LogP contribution is 2.22. The molecule has 1 aliphatic rings. The van der Waals surface area contributed by atoms with Gasteiger partial charge in [0.2, 0.25) is 0 Å². The smallest absolute Gasteiger partial charge is 0.263 e. The molecule has 0 bridgehead atoms. The standard InChI is InChI=1S/C14H12N4O/c15-13-14(19)17-10-6-2-1-5-9(10)12(18-13)11-7-3-4-8-16-11/h1-8,13H,15H2,(H,17,19). The summed E-state index contributed by atoms with van der Waals surface area (Å²) < 4.78 is 0. The summed E-state index contributed by atoms with van der Waals surface area (Å²) in [5.74, 6) is -0.321. The molecule has 1 aromatic carbocycles. The summed E-state index contributed by atoms with van der Waals surface area (Å²) in [6.45, 7) is 0. The van der Waals surface area contributed by atoms with E-state index in [9.17, 15) is 4.79 Å². The molecule has 1 atom stereocenters. The van der Waals surface area contributed by atoms with Gasteiger partial charge < -0.3 is 11.1 Å². The molecule has 5 nitrogen and oxygen atoms in total. The second-order valence-corrected chi connectivity index (χ2v) is 4.17. The number of para-hydroxylation sites is 1. The SMILES string of the molecule is NC1N=C(c2ccccn2)c2ccccc2NC1=O. The Kier molecular flexibility index (Phi) is 2.81. The first kappa shape index (κ1) is 11.6. The van der Waals surface area contributed by atoms with Gasteiger partial charge in [-0.3, -0.25) is 14.8 Å². The van der Waals surface area contributed by atoms with Crippen LogP contribution in [0.5, 0.6) is 0 Å². The van der Waals surface area contributed by atoms with Crippen LogP contribution < -0.4 is 11.1 Å². The van der Waals surface area contributed by atoms with E-state index in [0.29, 0.717) is 17.1 Å². The number of rotatable bonds is 1. The minimum Gasteiger partial charge on any atom is -0.322 e. The maximum Gasteiger partial charge on any atom is 0.263 e. The molecular formula is C14H12N4O. The molecule has 2 aromatic rings. The number of carbonyl (C=O) groups excluding carboxylic acids is 1. The molecule has 0 spiro atoms. The van der Waals surface area contributed by atoms with Crippen molar-refractivity contribution in [2.75, 3.05) is 5.32 Å². The van der Waals surface area contributed by atoms with Gasteiger partial charge >= 0.3 is 0 Å². The molecule has 2 heterocycles. The molecule has 0 aliphatic carbocycles. The van der Waals surface area contributed by atoms with E-state index in [1.54, 1.807) is 6.20 Å². The highest BCUT2D eigenvalue weighted by molar-refractivity contribution is 6.18. The van der Waals surface area contributed by atoms with Gasteiger partial charge in [-0.15, -0.1) is 0 Å². The summed E-state index contributed by atoms with van der Waals surface area (Å²) in [5, 5.41) is 2.77. The van der Waals surface area contributed by atoms with Crippen LogP contribution >= 0.6 is 0 Å². The normalized spacial score (nSPS) is 18.1. The molecule has 3 N–H and O–H groups in total. The van der Waals surface area contributed by atoms with E-state index in [-0.39, 0.29) is 5.91 Å². The number of nitrogens with two attached hydrogens (primary N) is 1. The lowest BCUT2D eigenvalue weighted by molar-refractivity contribution is -0.117. The zero-order valence-electron chi connectivity index (χ0n) is 10.1. The first-order valence-corrected chi connectivity index (χ1v) is 5.91. The van der Waals surface area contributed by atoms with Crippen molar-refractivity contribution in [1.82, 2.24) is 4.98 Å². The summed E-state index contributed by atoms with van der Waals surface area (Å²) in [6, 6.07) is 13.0. The number of amides is 1. The molecule has 3 rings (SSSR count). The number of nitrogens with one attached hydrogen (secondary N) is 1. The van der Waals surface area contributed by atoms with Crippen LogP contribution in [0.15, 0.2) is 53.7 Å². The summed E-state index contributed by atoms with van der Waals surface area (Å²) in [5.41, 5.74) is 8.60. The fraction of sp³-hybridized carbons (Fsp3) is 0.0714. The molecule has 1 unspecified atom stereocenters. The Morgan fingerprint density at radius 2 is 1.89 bits per heavy atom. The van der Waals surface area contributed by atoms with Crippen LogP contribution in [-0.4, -0.2) is 22.8 Å². The van der Waals surface area contributed by atoms with Gasteiger partial charge in [0.05, 0.1) is 17.1 Å². The van der Waals surface area contributed by atoms with Crippen LogP contribution in [0.25, 0.3) is 0 Å². The second-order valence-electron chi connectivity index (χ2n) is 4.17. The van der Waals surface area contributed by atoms with Crippen molar-refractivity contribution in [2.45, 2.75) is 6.17 Å². The zero-order chi connectivity index (χ0) is 13.2. The molecule has 94 valence electrons. The average molecular weight is 252 g/mol. The largest absolute Gasteiger partial charge is 0.322 e. The second kappa shape index (κ2) is 4.62. The predicted molar refractivity (Wildman–Crippen MR) is 72.9 cm³/mol. The maximum atomic E-state index is 11.8. The number of pyridine rings is 1. The number of aliphatic imine (C=N–C) groups is 1. The fourth-order valence-corrected chi connectivity index (χ4v) is 1.98. The highest BCUT2D eigenvalue weighted by atomic mass is 16.2. The summed E-state index contributed by atoms with van der Waals surface area (Å²) in [4.78, 5) is 20.4. The third kappa shape index (κ3) is 2.11. The molecule has 1 aromatic heterocycles. The molecule has 0 saturated heterocycles. The lowest BCUT2D eigenvalue weighted by atomic mass is 10.0. The van der Waals surface area contributed by atoms with E-state index < -0.39 is 6.17 Å². The minimum atomic E-state index is -0.926. The maximum absolute atomic E-state index is 11.8. The Bertz CT molecular complexity index is 652. The minimum absolute atomic E-state index is 0.321. The zero-order valence-corrected chi connectivity index (χ0v) is 10.1. The number of nitrogens with zero attached hydrogens (tertiary/aromatic N) is 2. The average Bonchev–Trinajstić information content (AvgIpc) is 2.58. The predicted octanol–water partition coefficient (Wildman–Crippen LogP) is 1.16. The summed E-state index contributed by atoms with van der Waals surface area (Å²) in [7, 11) is 0. The van der Waals surface area contributed by atoms with Gasteiger partial charge in [-0.1, -0.05) is 24.3 Å². The number of fused-ring (bicyclic) bond motifs is 1. The van der Waals surface area contributed by atoms with Gasteiger partial charge in [-0.2, -0.15) is 0 Å². The number of aromatic nitrogens is 1. The van der Waals surface area contributed by atoms with E-state index in [1.165, 1.54) is 0 Å². The van der Waals surface area contributed by atoms with Crippen LogP contribution in [0.2, 0.25) is 0 Å². The number of anilines is 1. The van der Waals surface area contributed by atoms with Crippen LogP contribution in [0.3, 0.4) is 0 Å². The van der Waals surface area contributed by atoms with Crippen LogP contribution in [0.4, 0.5) is 5.69 Å². The van der Waals surface area contributed by atoms with Gasteiger partial charge in [0, 0.05) is 11.8 Å². The van der Waals surface area contributed by atoms with Crippen molar-refractivity contribution >= 4 is 17.3 Å². The monoisotopic (exact) mass is 252 g/mol. The quantitative estimate of drug-likeness (QED) is 0.799. The first-order chi connectivity index (χ1) is 9.25. The first-order valence-electron chi connectivity index (χ1n) is 5.91. The van der Waals surface area contributed by atoms with Crippen molar-refractivity contribution in [3.63, 3.8) is 0 Å². The van der Waals surface area contributed by atoms with Crippen molar-refractivity contribution in [3.05, 3.63) is 59.9 Å². The lowest BCUT2D eigenvalue weighted by Gasteiger charge is -2.08. The number of hydrogen-bond donors (Lipinski definition) is 2. The van der Waals surface area contributed by atoms with Gasteiger partial charge in [-0.25, -0.2) is 0 Å². The third-order valence-corrected chi connectivity index (χ3v) is 2.88. The summed E-state index contributed by atoms with van der Waals surface area (Å²) in [6.07, 6.45) is 0.760. The van der Waals surface area contributed by atoms with E-state index in [4.69, 9.17) is 5.73 Å². The van der Waals surface area contributed by atoms with Gasteiger partial charge in [0.1, 0.15) is 0 Å². The summed E-state index contributed by atoms with van der Waals surface area (Å²) >= 11 is 0. The molecule has 1 aliphatic heterocycles. The van der Waals surface area contributed by atoms with E-state index in [1.807, 2.05) is 42.5 Å². The van der Waals surface area contributed by atoms with Crippen LogP contribution in [-0.2, 0) is 4.79 Å². The fourth-order valence-electron chi connectivity index (χ4n) is 1.98. The Morgan fingerprint density at radius 1 is 1.11 bits per heavy atom. The Hall–Kier alpha value is -2.53. The van der Waals surface area contributed by atoms with E-state index in [0.717, 1.165) is 5.56 Å². The van der Waals surface area contributed by atoms with Crippen LogP contribution in [0.1, 0.15) is 11.3 Å². The third-order valence-electron chi connectivity index (χ3n) is 2.88. The Morgan fingerprint density at radius 3 is 2.68 bits per heavy atom. The van der Waals surface area contributed by atoms with Crippen molar-refractivity contribution < 1.29 is 4.79 Å². The topological polar surface area (TPSA) is 80.4 Å². The number of benzodiazepines with no additional fused rings is 1. The van der Waals surface area contributed by atoms with Crippen molar-refractivity contribution in [1.29, 1.82) is 0 Å². The lowest BCUT2D eigenvalue weighted by Crippen LogP contribution is -2.33. The molecule has 0 fully saturated rings. The van der Waals surface area contributed by atoms with E-state index in [2.05, 4.69) is 15.3 Å². The number of carbonyl (C=O) groups is 1. The Labute approximate surface area is 110 Å². The highest BCUT2D eigenvalue weighted by Gasteiger charge is 2.22. The molecule has 19 heavy (non-hydrogen) atoms. The Balaban J connectivity index is 2.21. The number of hydrogen-bond acceptors (Lipinski definition) is 4. The van der Waals surface area contributed by atoms with Crippen LogP contribution in [0, 0.1) is 0 Å². The molecule has 0 radical (unpaired) electrons. The molecule has 1 amide bonds. The van der Waals surface area contributed by atoms with Crippen molar-refractivity contribution in [2.24, 2.45) is 10.7 Å². The van der Waals surface area contributed by atoms with E-state index >= 15 is 0 Å². The molecular weight excluding hydrogens is 240 g/mol. The van der Waals surface area contributed by atoms with Gasteiger partial charge in [-0.05, 0) is 18.2 Å². The van der Waals surface area contributed by atoms with Gasteiger partial charge in [0.15, 0.2) is 6.17 Å². The molecule has 5 heteroatoms. The van der Waals surface area contributed by atoms with Gasteiger partial charge in [0.25, 0.3) is 5.91 Å².